The number of aromatic nitrogens is 8. The quantitative estimate of drug-likeness (QED) is 0.204. The van der Waals surface area contributed by atoms with Crippen molar-refractivity contribution in [2.24, 2.45) is 0 Å². The fourth-order valence-corrected chi connectivity index (χ4v) is 6.66. The van der Waals surface area contributed by atoms with Crippen molar-refractivity contribution in [2.75, 3.05) is 0 Å². The van der Waals surface area contributed by atoms with E-state index in [0.29, 0.717) is 0 Å². The van der Waals surface area contributed by atoms with E-state index in [1.807, 2.05) is 26.0 Å². The Hall–Kier alpha value is -5.24. The van der Waals surface area contributed by atoms with Crippen LogP contribution >= 0.6 is 0 Å². The van der Waals surface area contributed by atoms with Crippen LogP contribution in [0.15, 0.2) is 97.1 Å². The smallest absolute Gasteiger partial charge is 0.161 e. The number of nitrogens with zero attached hydrogens (tertiary/aromatic N) is 8. The highest BCUT2D eigenvalue weighted by atomic mass is 15.3. The molecule has 0 aliphatic rings. The van der Waals surface area contributed by atoms with Gasteiger partial charge in [-0.15, -0.1) is 20.4 Å². The minimum atomic E-state index is 0. The molecule has 0 aliphatic heterocycles. The van der Waals surface area contributed by atoms with E-state index in [4.69, 9.17) is 0 Å². The second-order valence-electron chi connectivity index (χ2n) is 11.6. The van der Waals surface area contributed by atoms with Crippen LogP contribution in [0, 0.1) is 27.7 Å². The molecule has 6 heterocycles. The highest BCUT2D eigenvalue weighted by molar-refractivity contribution is 5.82. The zero-order chi connectivity index (χ0) is 30.5. The van der Waals surface area contributed by atoms with Gasteiger partial charge in [0.25, 0.3) is 0 Å². The van der Waals surface area contributed by atoms with E-state index in [9.17, 15) is 0 Å². The van der Waals surface area contributed by atoms with E-state index < -0.39 is 0 Å². The largest absolute Gasteiger partial charge is 0.336 e. The fraction of sp³-hybridized carbons (Fsp3) is 0.243. The lowest BCUT2D eigenvalue weighted by Gasteiger charge is -2.18. The Kier molecular flexibility index (Phi) is 7.74. The van der Waals surface area contributed by atoms with Crippen LogP contribution in [0.1, 0.15) is 67.5 Å². The Morgan fingerprint density at radius 2 is 0.844 bits per heavy atom. The summed E-state index contributed by atoms with van der Waals surface area (Å²) >= 11 is 0. The van der Waals surface area contributed by atoms with Crippen LogP contribution < -0.4 is 0 Å². The molecule has 0 amide bonds. The predicted octanol–water partition coefficient (Wildman–Crippen LogP) is 8.46. The van der Waals surface area contributed by atoms with Crippen LogP contribution in [0.25, 0.3) is 33.4 Å². The first-order chi connectivity index (χ1) is 21.3. The van der Waals surface area contributed by atoms with Crippen LogP contribution in [0.3, 0.4) is 0 Å². The van der Waals surface area contributed by atoms with Gasteiger partial charge in [-0.3, -0.25) is 8.80 Å². The lowest BCUT2D eigenvalue weighted by Crippen LogP contribution is -2.08. The van der Waals surface area contributed by atoms with Gasteiger partial charge in [0.2, 0.25) is 0 Å². The first-order valence-corrected chi connectivity index (χ1v) is 15.1. The van der Waals surface area contributed by atoms with E-state index in [-0.39, 0.29) is 19.5 Å². The summed E-state index contributed by atoms with van der Waals surface area (Å²) in [5.41, 5.74) is 11.7. The molecule has 0 radical (unpaired) electrons. The monoisotopic (exact) mass is 596 g/mol. The Bertz CT molecular complexity index is 2090. The third kappa shape index (κ3) is 4.96. The first-order valence-electron chi connectivity index (χ1n) is 15.1. The van der Waals surface area contributed by atoms with Crippen molar-refractivity contribution in [3.63, 3.8) is 0 Å². The molecule has 0 saturated carbocycles. The molecular weight excluding hydrogens is 556 g/mol. The van der Waals surface area contributed by atoms with Crippen LogP contribution in [0.4, 0.5) is 0 Å². The summed E-state index contributed by atoms with van der Waals surface area (Å²) in [4.78, 5) is 0. The van der Waals surface area contributed by atoms with Crippen molar-refractivity contribution in [3.8, 4) is 0 Å². The van der Waals surface area contributed by atoms with Crippen molar-refractivity contribution in [1.82, 2.24) is 38.3 Å². The number of benzene rings is 2. The average molecular weight is 597 g/mol. The highest BCUT2D eigenvalue weighted by Gasteiger charge is 2.18. The molecular formula is C37H40N8. The molecule has 228 valence electrons. The fourth-order valence-electron chi connectivity index (χ4n) is 6.66. The third-order valence-corrected chi connectivity index (χ3v) is 8.80. The topological polar surface area (TPSA) is 70.2 Å². The molecule has 2 atom stereocenters. The summed E-state index contributed by atoms with van der Waals surface area (Å²) < 4.78 is 9.00. The molecule has 0 aliphatic carbocycles. The third-order valence-electron chi connectivity index (χ3n) is 8.80. The van der Waals surface area contributed by atoms with Gasteiger partial charge in [-0.25, -0.2) is 0 Å². The second kappa shape index (κ2) is 11.7. The van der Waals surface area contributed by atoms with Gasteiger partial charge in [0, 0.05) is 11.4 Å². The number of hydrogen-bond acceptors (Lipinski definition) is 4. The minimum absolute atomic E-state index is 0. The van der Waals surface area contributed by atoms with Gasteiger partial charge < -0.3 is 9.13 Å². The maximum atomic E-state index is 4.21. The Labute approximate surface area is 263 Å². The summed E-state index contributed by atoms with van der Waals surface area (Å²) in [6.45, 7) is 12.8. The van der Waals surface area contributed by atoms with Gasteiger partial charge in [0.05, 0.1) is 34.2 Å². The minimum Gasteiger partial charge on any atom is -0.336 e. The average Bonchev–Trinajstić information content (AvgIpc) is 3.79. The Morgan fingerprint density at radius 3 is 1.22 bits per heavy atom. The lowest BCUT2D eigenvalue weighted by atomic mass is 10.1. The predicted molar refractivity (Wildman–Crippen MR) is 183 cm³/mol. The summed E-state index contributed by atoms with van der Waals surface area (Å²) in [6, 6.07) is 34.6. The summed E-state index contributed by atoms with van der Waals surface area (Å²) in [5, 5.41) is 16.8. The van der Waals surface area contributed by atoms with Gasteiger partial charge in [-0.2, -0.15) is 0 Å². The Balaban J connectivity index is 0.000000155. The molecule has 8 rings (SSSR count). The standard InChI is InChI=1S/2C18H18N4.CH4/c2*1-12-11-17-16(9-10-18-20-19-14(3)22(17)18)21(12)13(2)15-7-5-4-6-8-15;/h2*4-11,13H,1-3H3;1H4/t2*13-;/m10./s1. The van der Waals surface area contributed by atoms with Gasteiger partial charge in [-0.05, 0) is 89.1 Å². The van der Waals surface area contributed by atoms with Crippen molar-refractivity contribution < 1.29 is 0 Å². The van der Waals surface area contributed by atoms with Crippen molar-refractivity contribution in [1.29, 1.82) is 0 Å². The number of hydrogen-bond donors (Lipinski definition) is 0. The highest BCUT2D eigenvalue weighted by Crippen LogP contribution is 2.30. The van der Waals surface area contributed by atoms with Crippen LogP contribution in [-0.2, 0) is 0 Å². The maximum absolute atomic E-state index is 4.21. The summed E-state index contributed by atoms with van der Waals surface area (Å²) in [5.74, 6) is 1.84. The number of rotatable bonds is 4. The second-order valence-corrected chi connectivity index (χ2v) is 11.6. The zero-order valence-electron chi connectivity index (χ0n) is 26.0. The normalized spacial score (nSPS) is 12.8. The van der Waals surface area contributed by atoms with E-state index in [1.54, 1.807) is 0 Å². The van der Waals surface area contributed by atoms with Gasteiger partial charge in [0.1, 0.15) is 11.6 Å². The van der Waals surface area contributed by atoms with Gasteiger partial charge >= 0.3 is 0 Å². The molecule has 45 heavy (non-hydrogen) atoms. The molecule has 2 aromatic carbocycles. The number of aryl methyl sites for hydroxylation is 4. The summed E-state index contributed by atoms with van der Waals surface area (Å²) in [7, 11) is 0. The van der Waals surface area contributed by atoms with Crippen molar-refractivity contribution in [2.45, 2.75) is 61.1 Å². The van der Waals surface area contributed by atoms with Gasteiger partial charge in [0.15, 0.2) is 11.3 Å². The van der Waals surface area contributed by atoms with E-state index >= 15 is 0 Å². The zero-order valence-corrected chi connectivity index (χ0v) is 26.0. The molecule has 0 saturated heterocycles. The van der Waals surface area contributed by atoms with Crippen LogP contribution in [-0.4, -0.2) is 38.3 Å². The molecule has 8 aromatic rings. The van der Waals surface area contributed by atoms with Crippen LogP contribution in [0.2, 0.25) is 0 Å². The number of pyridine rings is 2. The Morgan fingerprint density at radius 1 is 0.467 bits per heavy atom. The van der Waals surface area contributed by atoms with Crippen LogP contribution in [0.5, 0.6) is 0 Å². The van der Waals surface area contributed by atoms with E-state index in [2.05, 4.69) is 151 Å². The maximum Gasteiger partial charge on any atom is 0.161 e. The molecule has 0 bridgehead atoms. The summed E-state index contributed by atoms with van der Waals surface area (Å²) in [6.07, 6.45) is 0. The molecule has 0 unspecified atom stereocenters. The lowest BCUT2D eigenvalue weighted by molar-refractivity contribution is 0.646. The van der Waals surface area contributed by atoms with Crippen molar-refractivity contribution in [3.05, 3.63) is 131 Å². The molecule has 8 nitrogen and oxygen atoms in total. The van der Waals surface area contributed by atoms with Crippen molar-refractivity contribution >= 4 is 33.4 Å². The van der Waals surface area contributed by atoms with E-state index in [1.165, 1.54) is 44.6 Å². The molecule has 8 heteroatoms. The van der Waals surface area contributed by atoms with E-state index in [0.717, 1.165) is 22.9 Å². The first kappa shape index (κ1) is 29.8. The number of fused-ring (bicyclic) bond motifs is 6. The molecule has 0 fully saturated rings. The molecule has 0 N–H and O–H groups in total. The molecule has 6 aromatic heterocycles. The SMILES string of the molecule is C.Cc1cc2c(ccc3nnc(C)n32)n1[C@@H](C)c1ccccc1.Cc1cc2c(ccc3nnc(C)n32)n1[C@H](C)c1ccccc1. The molecule has 0 spiro atoms. The van der Waals surface area contributed by atoms with Gasteiger partial charge in [-0.1, -0.05) is 68.1 Å².